The summed E-state index contributed by atoms with van der Waals surface area (Å²) in [6.07, 6.45) is 1.42. The highest BCUT2D eigenvalue weighted by molar-refractivity contribution is 7.94. The molecule has 2 heterocycles. The van der Waals surface area contributed by atoms with E-state index in [1.807, 2.05) is 54.6 Å². The third-order valence-electron chi connectivity index (χ3n) is 4.84. The maximum absolute atomic E-state index is 13.0. The number of ether oxygens (including phenoxy) is 1. The van der Waals surface area contributed by atoms with Gasteiger partial charge in [0.05, 0.1) is 23.4 Å². The number of benzene rings is 2. The molecule has 148 valence electrons. The van der Waals surface area contributed by atoms with Crippen molar-refractivity contribution in [3.05, 3.63) is 71.6 Å². The van der Waals surface area contributed by atoms with E-state index in [1.54, 1.807) is 0 Å². The lowest BCUT2D eigenvalue weighted by Crippen LogP contribution is -2.18. The standard InChI is InChI=1S/C22H19NO5S/c24-19(13-28-20(25)12-15-10-11-29(26,27)14-15)21-17-8-4-5-9-18(17)23-22(21)16-6-2-1-3-7-16/h1-11,15,23H,12-14H2. The second-order valence-corrected chi connectivity index (χ2v) is 8.92. The number of hydrogen-bond donors (Lipinski definition) is 1. The molecule has 0 radical (unpaired) electrons. The minimum Gasteiger partial charge on any atom is -0.457 e. The van der Waals surface area contributed by atoms with Crippen LogP contribution in [0.4, 0.5) is 0 Å². The van der Waals surface area contributed by atoms with Gasteiger partial charge in [0.2, 0.25) is 5.78 Å². The predicted molar refractivity (Wildman–Crippen MR) is 110 cm³/mol. The second-order valence-electron chi connectivity index (χ2n) is 6.99. The van der Waals surface area contributed by atoms with Crippen molar-refractivity contribution in [2.24, 2.45) is 5.92 Å². The van der Waals surface area contributed by atoms with Gasteiger partial charge < -0.3 is 9.72 Å². The zero-order valence-electron chi connectivity index (χ0n) is 15.5. The van der Waals surface area contributed by atoms with E-state index in [4.69, 9.17) is 4.74 Å². The number of H-pyrrole nitrogens is 1. The Bertz CT molecular complexity index is 1210. The summed E-state index contributed by atoms with van der Waals surface area (Å²) < 4.78 is 28.1. The van der Waals surface area contributed by atoms with Gasteiger partial charge in [0, 0.05) is 22.2 Å². The van der Waals surface area contributed by atoms with Crippen molar-refractivity contribution in [2.45, 2.75) is 6.42 Å². The van der Waals surface area contributed by atoms with E-state index < -0.39 is 28.3 Å². The van der Waals surface area contributed by atoms with Gasteiger partial charge in [-0.1, -0.05) is 54.6 Å². The molecule has 1 N–H and O–H groups in total. The quantitative estimate of drug-likeness (QED) is 0.497. The Hall–Kier alpha value is -3.19. The third kappa shape index (κ3) is 4.14. The summed E-state index contributed by atoms with van der Waals surface area (Å²) in [7, 11) is -3.23. The number of carbonyl (C=O) groups excluding carboxylic acids is 2. The van der Waals surface area contributed by atoms with Crippen LogP contribution < -0.4 is 0 Å². The highest BCUT2D eigenvalue weighted by Crippen LogP contribution is 2.30. The van der Waals surface area contributed by atoms with E-state index >= 15 is 0 Å². The fourth-order valence-corrected chi connectivity index (χ4v) is 4.91. The van der Waals surface area contributed by atoms with E-state index in [9.17, 15) is 18.0 Å². The Morgan fingerprint density at radius 3 is 2.48 bits per heavy atom. The highest BCUT2D eigenvalue weighted by Gasteiger charge is 2.25. The third-order valence-corrected chi connectivity index (χ3v) is 6.31. The topological polar surface area (TPSA) is 93.3 Å². The van der Waals surface area contributed by atoms with Crippen LogP contribution in [0.5, 0.6) is 0 Å². The molecule has 0 saturated heterocycles. The van der Waals surface area contributed by atoms with Gasteiger partial charge in [0.25, 0.3) is 0 Å². The maximum atomic E-state index is 13.0. The number of ketones is 1. The van der Waals surface area contributed by atoms with Gasteiger partial charge in [0.15, 0.2) is 16.4 Å². The Morgan fingerprint density at radius 1 is 1.03 bits per heavy atom. The van der Waals surface area contributed by atoms with Crippen molar-refractivity contribution in [1.82, 2.24) is 4.98 Å². The lowest BCUT2D eigenvalue weighted by atomic mass is 10.0. The molecule has 1 unspecified atom stereocenters. The molecule has 7 heteroatoms. The number of fused-ring (bicyclic) bond motifs is 1. The molecule has 3 aromatic rings. The van der Waals surface area contributed by atoms with Gasteiger partial charge in [-0.2, -0.15) is 0 Å². The van der Waals surface area contributed by atoms with Crippen molar-refractivity contribution in [3.63, 3.8) is 0 Å². The van der Waals surface area contributed by atoms with Crippen LogP contribution in [0.2, 0.25) is 0 Å². The van der Waals surface area contributed by atoms with Crippen molar-refractivity contribution in [2.75, 3.05) is 12.4 Å². The zero-order valence-corrected chi connectivity index (χ0v) is 16.3. The summed E-state index contributed by atoms with van der Waals surface area (Å²) in [4.78, 5) is 28.3. The first-order valence-electron chi connectivity index (χ1n) is 9.19. The number of carbonyl (C=O) groups is 2. The predicted octanol–water partition coefficient (Wildman–Crippen LogP) is 3.51. The minimum atomic E-state index is -3.23. The largest absolute Gasteiger partial charge is 0.457 e. The van der Waals surface area contributed by atoms with Crippen molar-refractivity contribution >= 4 is 32.5 Å². The molecule has 0 bridgehead atoms. The number of allylic oxidation sites excluding steroid dienone is 1. The van der Waals surface area contributed by atoms with Crippen molar-refractivity contribution < 1.29 is 22.7 Å². The van der Waals surface area contributed by atoms with Crippen LogP contribution >= 0.6 is 0 Å². The fourth-order valence-electron chi connectivity index (χ4n) is 3.51. The first-order chi connectivity index (χ1) is 13.9. The van der Waals surface area contributed by atoms with Gasteiger partial charge in [0.1, 0.15) is 0 Å². The second kappa shape index (κ2) is 7.67. The molecule has 0 spiro atoms. The van der Waals surface area contributed by atoms with Crippen LogP contribution in [-0.4, -0.2) is 37.5 Å². The Kier molecular flexibility index (Phi) is 5.07. The zero-order chi connectivity index (χ0) is 20.4. The normalized spacial score (nSPS) is 17.4. The summed E-state index contributed by atoms with van der Waals surface area (Å²) in [6.45, 7) is -0.399. The van der Waals surface area contributed by atoms with Gasteiger partial charge >= 0.3 is 5.97 Å². The summed E-state index contributed by atoms with van der Waals surface area (Å²) >= 11 is 0. The van der Waals surface area contributed by atoms with E-state index in [2.05, 4.69) is 4.98 Å². The Labute approximate surface area is 168 Å². The number of sulfone groups is 1. The Balaban J connectivity index is 1.53. The number of aromatic nitrogens is 1. The molecular weight excluding hydrogens is 390 g/mol. The molecule has 4 rings (SSSR count). The van der Waals surface area contributed by atoms with E-state index in [-0.39, 0.29) is 18.0 Å². The van der Waals surface area contributed by atoms with Crippen LogP contribution in [0.1, 0.15) is 16.8 Å². The van der Waals surface area contributed by atoms with Crippen LogP contribution in [0, 0.1) is 5.92 Å². The fraction of sp³-hybridized carbons (Fsp3) is 0.182. The number of hydrogen-bond acceptors (Lipinski definition) is 5. The molecule has 0 aliphatic carbocycles. The highest BCUT2D eigenvalue weighted by atomic mass is 32.2. The summed E-state index contributed by atoms with van der Waals surface area (Å²) in [5, 5.41) is 1.88. The molecule has 0 saturated carbocycles. The SMILES string of the molecule is O=C(CC1C=CS(=O)(=O)C1)OCC(=O)c1c(-c2ccccc2)[nH]c2ccccc12. The molecular formula is C22H19NO5S. The van der Waals surface area contributed by atoms with Crippen molar-refractivity contribution in [1.29, 1.82) is 0 Å². The molecule has 6 nitrogen and oxygen atoms in total. The van der Waals surface area contributed by atoms with Crippen LogP contribution in [0.3, 0.4) is 0 Å². The molecule has 1 atom stereocenters. The molecule has 2 aromatic carbocycles. The minimum absolute atomic E-state index is 0.0670. The van der Waals surface area contributed by atoms with E-state index in [0.717, 1.165) is 21.9 Å². The molecule has 1 aromatic heterocycles. The average Bonchev–Trinajstić information content (AvgIpc) is 3.26. The summed E-state index contributed by atoms with van der Waals surface area (Å²) in [5.41, 5.74) is 2.84. The lowest BCUT2D eigenvalue weighted by Gasteiger charge is -2.08. The number of para-hydroxylation sites is 1. The van der Waals surface area contributed by atoms with Crippen LogP contribution in [-0.2, 0) is 19.4 Å². The van der Waals surface area contributed by atoms with Crippen LogP contribution in [0.15, 0.2) is 66.1 Å². The first-order valence-corrected chi connectivity index (χ1v) is 10.9. The van der Waals surface area contributed by atoms with Gasteiger partial charge in [-0.25, -0.2) is 8.42 Å². The monoisotopic (exact) mass is 409 g/mol. The summed E-state index contributed by atoms with van der Waals surface area (Å²) in [6, 6.07) is 16.9. The number of rotatable bonds is 6. The number of aromatic amines is 1. The first kappa shape index (κ1) is 19.1. The van der Waals surface area contributed by atoms with E-state index in [0.29, 0.717) is 11.3 Å². The van der Waals surface area contributed by atoms with Crippen molar-refractivity contribution in [3.8, 4) is 11.3 Å². The number of esters is 1. The number of Topliss-reactive ketones (excluding diaryl/α,β-unsaturated/α-hetero) is 1. The van der Waals surface area contributed by atoms with E-state index in [1.165, 1.54) is 6.08 Å². The lowest BCUT2D eigenvalue weighted by molar-refractivity contribution is -0.143. The Morgan fingerprint density at radius 2 is 1.76 bits per heavy atom. The molecule has 0 amide bonds. The van der Waals surface area contributed by atoms with Crippen LogP contribution in [0.25, 0.3) is 22.2 Å². The maximum Gasteiger partial charge on any atom is 0.306 e. The molecule has 29 heavy (non-hydrogen) atoms. The molecule has 1 aliphatic rings. The molecule has 1 aliphatic heterocycles. The summed E-state index contributed by atoms with van der Waals surface area (Å²) in [5.74, 6) is -1.41. The number of nitrogens with one attached hydrogen (secondary N) is 1. The van der Waals surface area contributed by atoms with Gasteiger partial charge in [-0.05, 0) is 11.6 Å². The molecule has 0 fully saturated rings. The van der Waals surface area contributed by atoms with Gasteiger partial charge in [-0.3, -0.25) is 9.59 Å². The smallest absolute Gasteiger partial charge is 0.306 e. The van der Waals surface area contributed by atoms with Gasteiger partial charge in [-0.15, -0.1) is 0 Å². The average molecular weight is 409 g/mol.